The summed E-state index contributed by atoms with van der Waals surface area (Å²) in [5, 5.41) is 3.88. The number of hydrogen-bond acceptors (Lipinski definition) is 6. The predicted molar refractivity (Wildman–Crippen MR) is 83.3 cm³/mol. The van der Waals surface area contributed by atoms with Crippen LogP contribution in [0.5, 0.6) is 5.75 Å². The van der Waals surface area contributed by atoms with Gasteiger partial charge in [-0.15, -0.1) is 0 Å². The molecule has 2 aromatic rings. The summed E-state index contributed by atoms with van der Waals surface area (Å²) in [5.41, 5.74) is 3.59. The van der Waals surface area contributed by atoms with Gasteiger partial charge >= 0.3 is 5.97 Å². The fourth-order valence-electron chi connectivity index (χ4n) is 1.62. The van der Waals surface area contributed by atoms with Crippen molar-refractivity contribution in [3.8, 4) is 5.75 Å². The first-order valence-corrected chi connectivity index (χ1v) is 6.72. The summed E-state index contributed by atoms with van der Waals surface area (Å²) in [6, 6.07) is 10.1. The molecule has 0 bridgehead atoms. The van der Waals surface area contributed by atoms with Crippen LogP contribution in [-0.4, -0.2) is 36.8 Å². The van der Waals surface area contributed by atoms with Gasteiger partial charge in [0.15, 0.2) is 6.61 Å². The van der Waals surface area contributed by atoms with Crippen LogP contribution in [0.25, 0.3) is 0 Å². The van der Waals surface area contributed by atoms with E-state index < -0.39 is 5.97 Å². The summed E-state index contributed by atoms with van der Waals surface area (Å²) in [6.07, 6.45) is 4.53. The molecule has 0 saturated carbocycles. The summed E-state index contributed by atoms with van der Waals surface area (Å²) >= 11 is 0. The lowest BCUT2D eigenvalue weighted by Crippen LogP contribution is -2.17. The molecular formula is C16H15N3O4. The van der Waals surface area contributed by atoms with E-state index in [9.17, 15) is 9.59 Å². The van der Waals surface area contributed by atoms with E-state index in [0.717, 1.165) is 0 Å². The van der Waals surface area contributed by atoms with E-state index >= 15 is 0 Å². The minimum atomic E-state index is -0.464. The van der Waals surface area contributed by atoms with Crippen LogP contribution in [0.2, 0.25) is 0 Å². The van der Waals surface area contributed by atoms with Crippen LogP contribution in [0.15, 0.2) is 53.9 Å². The molecule has 2 rings (SSSR count). The quantitative estimate of drug-likeness (QED) is 0.494. The Morgan fingerprint density at radius 1 is 1.26 bits per heavy atom. The molecule has 0 radical (unpaired) electrons. The molecular weight excluding hydrogens is 298 g/mol. The number of aromatic nitrogens is 1. The summed E-state index contributed by atoms with van der Waals surface area (Å²) in [6.45, 7) is -0.171. The first-order chi connectivity index (χ1) is 11.2. The average Bonchev–Trinajstić information content (AvgIpc) is 2.60. The highest BCUT2D eigenvalue weighted by atomic mass is 16.6. The SMILES string of the molecule is COC(=O)COc1cccc(/C=N/NC(=O)c2ccncc2)c1. The number of rotatable bonds is 6. The van der Waals surface area contributed by atoms with E-state index in [1.807, 2.05) is 0 Å². The number of carbonyl (C=O) groups excluding carboxylic acids is 2. The molecule has 0 fully saturated rings. The highest BCUT2D eigenvalue weighted by Gasteiger charge is 2.03. The normalized spacial score (nSPS) is 10.3. The molecule has 7 nitrogen and oxygen atoms in total. The van der Waals surface area contributed by atoms with Gasteiger partial charge in [0.2, 0.25) is 0 Å². The van der Waals surface area contributed by atoms with E-state index in [1.54, 1.807) is 36.4 Å². The molecule has 1 heterocycles. The average molecular weight is 313 g/mol. The topological polar surface area (TPSA) is 89.9 Å². The summed E-state index contributed by atoms with van der Waals surface area (Å²) in [7, 11) is 1.29. The highest BCUT2D eigenvalue weighted by molar-refractivity contribution is 5.94. The molecule has 1 amide bonds. The number of pyridine rings is 1. The summed E-state index contributed by atoms with van der Waals surface area (Å²) in [5.74, 6) is -0.296. The van der Waals surface area contributed by atoms with Crippen molar-refractivity contribution in [3.63, 3.8) is 0 Å². The van der Waals surface area contributed by atoms with Gasteiger partial charge < -0.3 is 9.47 Å². The molecule has 0 aliphatic heterocycles. The number of nitrogens with one attached hydrogen (secondary N) is 1. The molecule has 0 saturated heterocycles. The molecule has 1 aromatic carbocycles. The van der Waals surface area contributed by atoms with Crippen molar-refractivity contribution >= 4 is 18.1 Å². The van der Waals surface area contributed by atoms with Crippen molar-refractivity contribution in [3.05, 3.63) is 59.9 Å². The monoisotopic (exact) mass is 313 g/mol. The van der Waals surface area contributed by atoms with E-state index in [1.165, 1.54) is 25.7 Å². The second-order valence-corrected chi connectivity index (χ2v) is 4.37. The number of hydrazone groups is 1. The third-order valence-electron chi connectivity index (χ3n) is 2.76. The fourth-order valence-corrected chi connectivity index (χ4v) is 1.62. The Hall–Kier alpha value is -3.22. The van der Waals surface area contributed by atoms with Gasteiger partial charge in [-0.05, 0) is 29.8 Å². The fraction of sp³-hybridized carbons (Fsp3) is 0.125. The lowest BCUT2D eigenvalue weighted by atomic mass is 10.2. The third-order valence-corrected chi connectivity index (χ3v) is 2.76. The van der Waals surface area contributed by atoms with E-state index in [-0.39, 0.29) is 12.5 Å². The Balaban J connectivity index is 1.92. The van der Waals surface area contributed by atoms with Crippen molar-refractivity contribution in [2.75, 3.05) is 13.7 Å². The van der Waals surface area contributed by atoms with Crippen LogP contribution < -0.4 is 10.2 Å². The minimum Gasteiger partial charge on any atom is -0.482 e. The molecule has 23 heavy (non-hydrogen) atoms. The number of benzene rings is 1. The largest absolute Gasteiger partial charge is 0.482 e. The van der Waals surface area contributed by atoms with Gasteiger partial charge in [-0.1, -0.05) is 12.1 Å². The van der Waals surface area contributed by atoms with Crippen LogP contribution in [0.1, 0.15) is 15.9 Å². The minimum absolute atomic E-state index is 0.171. The molecule has 0 unspecified atom stereocenters. The number of ether oxygens (including phenoxy) is 2. The van der Waals surface area contributed by atoms with Crippen LogP contribution in [0.3, 0.4) is 0 Å². The molecule has 0 aliphatic carbocycles. The zero-order chi connectivity index (χ0) is 16.5. The van der Waals surface area contributed by atoms with Crippen molar-refractivity contribution in [1.29, 1.82) is 0 Å². The van der Waals surface area contributed by atoms with Gasteiger partial charge in [-0.25, -0.2) is 10.2 Å². The molecule has 0 spiro atoms. The lowest BCUT2D eigenvalue weighted by molar-refractivity contribution is -0.142. The maximum atomic E-state index is 11.8. The molecule has 0 atom stereocenters. The summed E-state index contributed by atoms with van der Waals surface area (Å²) in [4.78, 5) is 26.6. The van der Waals surface area contributed by atoms with Crippen molar-refractivity contribution in [2.45, 2.75) is 0 Å². The Kier molecular flexibility index (Phi) is 5.81. The highest BCUT2D eigenvalue weighted by Crippen LogP contribution is 2.12. The van der Waals surface area contributed by atoms with E-state index in [0.29, 0.717) is 16.9 Å². The molecule has 0 aliphatic rings. The standard InChI is InChI=1S/C16H15N3O4/c1-22-15(20)11-23-14-4-2-3-12(9-14)10-18-19-16(21)13-5-7-17-8-6-13/h2-10H,11H2,1H3,(H,19,21)/b18-10+. The first kappa shape index (κ1) is 16.2. The molecule has 1 N–H and O–H groups in total. The lowest BCUT2D eigenvalue weighted by Gasteiger charge is -2.05. The number of nitrogens with zero attached hydrogens (tertiary/aromatic N) is 2. The predicted octanol–water partition coefficient (Wildman–Crippen LogP) is 1.40. The number of hydrogen-bond donors (Lipinski definition) is 1. The number of methoxy groups -OCH3 is 1. The number of esters is 1. The Morgan fingerprint density at radius 3 is 2.78 bits per heavy atom. The van der Waals surface area contributed by atoms with Gasteiger partial charge in [0.25, 0.3) is 5.91 Å². The molecule has 7 heteroatoms. The van der Waals surface area contributed by atoms with E-state index in [2.05, 4.69) is 20.2 Å². The van der Waals surface area contributed by atoms with E-state index in [4.69, 9.17) is 4.74 Å². The molecule has 1 aromatic heterocycles. The third kappa shape index (κ3) is 5.24. The maximum absolute atomic E-state index is 11.8. The van der Waals surface area contributed by atoms with Gasteiger partial charge in [0.05, 0.1) is 13.3 Å². The van der Waals surface area contributed by atoms with Crippen LogP contribution >= 0.6 is 0 Å². The number of amides is 1. The van der Waals surface area contributed by atoms with Crippen molar-refractivity contribution in [2.24, 2.45) is 5.10 Å². The van der Waals surface area contributed by atoms with Gasteiger partial charge in [-0.2, -0.15) is 5.10 Å². The Labute approximate surface area is 132 Å². The maximum Gasteiger partial charge on any atom is 0.343 e. The second-order valence-electron chi connectivity index (χ2n) is 4.37. The second kappa shape index (κ2) is 8.28. The van der Waals surface area contributed by atoms with Crippen molar-refractivity contribution < 1.29 is 19.1 Å². The van der Waals surface area contributed by atoms with Crippen LogP contribution in [-0.2, 0) is 9.53 Å². The smallest absolute Gasteiger partial charge is 0.343 e. The van der Waals surface area contributed by atoms with Crippen LogP contribution in [0.4, 0.5) is 0 Å². The Morgan fingerprint density at radius 2 is 2.04 bits per heavy atom. The first-order valence-electron chi connectivity index (χ1n) is 6.72. The zero-order valence-electron chi connectivity index (χ0n) is 12.4. The zero-order valence-corrected chi connectivity index (χ0v) is 12.4. The van der Waals surface area contributed by atoms with Crippen LogP contribution in [0, 0.1) is 0 Å². The summed E-state index contributed by atoms with van der Waals surface area (Å²) < 4.78 is 9.76. The van der Waals surface area contributed by atoms with Gasteiger partial charge in [-0.3, -0.25) is 9.78 Å². The van der Waals surface area contributed by atoms with Gasteiger partial charge in [0, 0.05) is 18.0 Å². The van der Waals surface area contributed by atoms with Gasteiger partial charge in [0.1, 0.15) is 5.75 Å². The Bertz CT molecular complexity index is 701. The molecule has 118 valence electrons. The van der Waals surface area contributed by atoms with Crippen molar-refractivity contribution in [1.82, 2.24) is 10.4 Å². The number of carbonyl (C=O) groups is 2.